The minimum Gasteiger partial charge on any atom is -0.298 e. The van der Waals surface area contributed by atoms with Gasteiger partial charge in [-0.15, -0.1) is 10.2 Å². The van der Waals surface area contributed by atoms with Crippen LogP contribution in [0.4, 0.5) is 5.13 Å². The highest BCUT2D eigenvalue weighted by Crippen LogP contribution is 2.34. The minimum atomic E-state index is 0.633. The first-order valence-corrected chi connectivity index (χ1v) is 5.52. The van der Waals surface area contributed by atoms with E-state index in [1.165, 1.54) is 32.1 Å². The number of anilines is 1. The Bertz CT molecular complexity index is 267. The lowest BCUT2D eigenvalue weighted by Crippen LogP contribution is -2.05. The summed E-state index contributed by atoms with van der Waals surface area (Å²) in [6, 6.07) is 0. The lowest BCUT2D eigenvalue weighted by Gasteiger charge is -2.18. The molecule has 0 radical (unpaired) electrons. The Kier molecular flexibility index (Phi) is 2.75. The van der Waals surface area contributed by atoms with Crippen molar-refractivity contribution in [3.8, 4) is 0 Å². The molecule has 0 bridgehead atoms. The van der Waals surface area contributed by atoms with Gasteiger partial charge in [0.15, 0.2) is 0 Å². The predicted molar refractivity (Wildman–Crippen MR) is 53.5 cm³/mol. The average Bonchev–Trinajstić information content (AvgIpc) is 2.67. The molecule has 1 aromatic heterocycles. The van der Waals surface area contributed by atoms with Crippen LogP contribution in [0.3, 0.4) is 0 Å². The van der Waals surface area contributed by atoms with Crippen molar-refractivity contribution < 1.29 is 0 Å². The fraction of sp³-hybridized carbons (Fsp3) is 0.750. The van der Waals surface area contributed by atoms with Crippen molar-refractivity contribution in [2.45, 2.75) is 38.0 Å². The summed E-state index contributed by atoms with van der Waals surface area (Å²) >= 11 is 1.58. The van der Waals surface area contributed by atoms with Gasteiger partial charge in [-0.25, -0.2) is 5.84 Å². The maximum atomic E-state index is 5.25. The van der Waals surface area contributed by atoms with Gasteiger partial charge in [0.25, 0.3) is 0 Å². The molecule has 72 valence electrons. The molecule has 0 amide bonds. The molecule has 0 aliphatic heterocycles. The number of nitrogen functional groups attached to an aromatic ring is 1. The molecule has 1 fully saturated rings. The first kappa shape index (κ1) is 8.90. The molecule has 0 aromatic carbocycles. The maximum Gasteiger partial charge on any atom is 0.219 e. The van der Waals surface area contributed by atoms with Gasteiger partial charge in [-0.1, -0.05) is 30.6 Å². The first-order chi connectivity index (χ1) is 6.40. The molecule has 3 N–H and O–H groups in total. The number of hydrogen-bond donors (Lipinski definition) is 2. The topological polar surface area (TPSA) is 63.8 Å². The zero-order chi connectivity index (χ0) is 9.10. The molecule has 1 aromatic rings. The fourth-order valence-corrected chi connectivity index (χ4v) is 2.63. The van der Waals surface area contributed by atoms with Crippen molar-refractivity contribution in [3.63, 3.8) is 0 Å². The Morgan fingerprint density at radius 1 is 1.23 bits per heavy atom. The van der Waals surface area contributed by atoms with Crippen molar-refractivity contribution in [1.29, 1.82) is 0 Å². The van der Waals surface area contributed by atoms with Crippen molar-refractivity contribution >= 4 is 16.5 Å². The number of rotatable bonds is 2. The summed E-state index contributed by atoms with van der Waals surface area (Å²) in [4.78, 5) is 0. The van der Waals surface area contributed by atoms with Gasteiger partial charge in [-0.05, 0) is 12.8 Å². The lowest BCUT2D eigenvalue weighted by atomic mass is 9.90. The molecular weight excluding hydrogens is 184 g/mol. The van der Waals surface area contributed by atoms with E-state index in [2.05, 4.69) is 15.6 Å². The van der Waals surface area contributed by atoms with Crippen LogP contribution in [0.15, 0.2) is 0 Å². The number of hydrazine groups is 1. The van der Waals surface area contributed by atoms with Crippen molar-refractivity contribution in [3.05, 3.63) is 5.01 Å². The largest absolute Gasteiger partial charge is 0.298 e. The number of hydrogen-bond acceptors (Lipinski definition) is 5. The summed E-state index contributed by atoms with van der Waals surface area (Å²) in [7, 11) is 0. The molecule has 1 saturated carbocycles. The number of aromatic nitrogens is 2. The summed E-state index contributed by atoms with van der Waals surface area (Å²) in [6.07, 6.45) is 6.56. The van der Waals surface area contributed by atoms with Gasteiger partial charge in [0, 0.05) is 5.92 Å². The molecule has 0 unspecified atom stereocenters. The van der Waals surface area contributed by atoms with E-state index < -0.39 is 0 Å². The monoisotopic (exact) mass is 198 g/mol. The number of nitrogens with two attached hydrogens (primary N) is 1. The molecule has 0 atom stereocenters. The summed E-state index contributed by atoms with van der Waals surface area (Å²) in [5.41, 5.74) is 2.53. The van der Waals surface area contributed by atoms with Gasteiger partial charge < -0.3 is 0 Å². The molecule has 4 nitrogen and oxygen atoms in total. The average molecular weight is 198 g/mol. The molecule has 0 spiro atoms. The van der Waals surface area contributed by atoms with E-state index in [0.717, 1.165) is 10.1 Å². The molecule has 5 heteroatoms. The third-order valence-electron chi connectivity index (χ3n) is 2.52. The Labute approximate surface area is 81.5 Å². The van der Waals surface area contributed by atoms with Gasteiger partial charge in [-0.3, -0.25) is 5.43 Å². The van der Waals surface area contributed by atoms with E-state index in [-0.39, 0.29) is 0 Å². The van der Waals surface area contributed by atoms with Gasteiger partial charge in [0.2, 0.25) is 5.13 Å². The fourth-order valence-electron chi connectivity index (χ4n) is 1.81. The minimum absolute atomic E-state index is 0.633. The first-order valence-electron chi connectivity index (χ1n) is 4.70. The quantitative estimate of drug-likeness (QED) is 0.562. The molecular formula is C8H14N4S. The van der Waals surface area contributed by atoms with E-state index in [1.807, 2.05) is 0 Å². The summed E-state index contributed by atoms with van der Waals surface area (Å²) < 4.78 is 0. The van der Waals surface area contributed by atoms with Gasteiger partial charge >= 0.3 is 0 Å². The Hall–Kier alpha value is -0.680. The van der Waals surface area contributed by atoms with Crippen LogP contribution in [0.5, 0.6) is 0 Å². The molecule has 0 saturated heterocycles. The highest BCUT2D eigenvalue weighted by Gasteiger charge is 2.19. The van der Waals surface area contributed by atoms with Crippen molar-refractivity contribution in [1.82, 2.24) is 10.2 Å². The Balaban J connectivity index is 2.05. The molecule has 1 aliphatic rings. The van der Waals surface area contributed by atoms with Crippen LogP contribution in [0.25, 0.3) is 0 Å². The van der Waals surface area contributed by atoms with Crippen LogP contribution >= 0.6 is 11.3 Å². The smallest absolute Gasteiger partial charge is 0.219 e. The number of nitrogens with zero attached hydrogens (tertiary/aromatic N) is 2. The van der Waals surface area contributed by atoms with E-state index in [1.54, 1.807) is 11.3 Å². The second kappa shape index (κ2) is 4.02. The standard InChI is InChI=1S/C8H14N4S/c9-10-8-12-11-7(13-8)6-4-2-1-3-5-6/h6H,1-5,9H2,(H,10,12). The summed E-state index contributed by atoms with van der Waals surface area (Å²) in [5, 5.41) is 9.95. The van der Waals surface area contributed by atoms with E-state index >= 15 is 0 Å². The second-order valence-electron chi connectivity index (χ2n) is 3.42. The van der Waals surface area contributed by atoms with Gasteiger partial charge in [0.1, 0.15) is 5.01 Å². The summed E-state index contributed by atoms with van der Waals surface area (Å²) in [6.45, 7) is 0. The molecule has 1 aliphatic carbocycles. The normalized spacial score (nSPS) is 18.8. The highest BCUT2D eigenvalue weighted by molar-refractivity contribution is 7.15. The number of nitrogens with one attached hydrogen (secondary N) is 1. The van der Waals surface area contributed by atoms with Crippen LogP contribution in [-0.4, -0.2) is 10.2 Å². The maximum absolute atomic E-state index is 5.25. The van der Waals surface area contributed by atoms with E-state index in [9.17, 15) is 0 Å². The van der Waals surface area contributed by atoms with Crippen LogP contribution < -0.4 is 11.3 Å². The van der Waals surface area contributed by atoms with Crippen molar-refractivity contribution in [2.24, 2.45) is 5.84 Å². The zero-order valence-corrected chi connectivity index (χ0v) is 8.31. The van der Waals surface area contributed by atoms with Gasteiger partial charge in [-0.2, -0.15) is 0 Å². The SMILES string of the molecule is NNc1nnc(C2CCCCC2)s1. The summed E-state index contributed by atoms with van der Waals surface area (Å²) in [5.74, 6) is 5.88. The van der Waals surface area contributed by atoms with Crippen LogP contribution in [0.1, 0.15) is 43.0 Å². The molecule has 2 rings (SSSR count). The zero-order valence-electron chi connectivity index (χ0n) is 7.49. The Morgan fingerprint density at radius 3 is 2.62 bits per heavy atom. The third-order valence-corrected chi connectivity index (χ3v) is 3.54. The highest BCUT2D eigenvalue weighted by atomic mass is 32.1. The van der Waals surface area contributed by atoms with E-state index in [4.69, 9.17) is 5.84 Å². The van der Waals surface area contributed by atoms with Crippen LogP contribution in [-0.2, 0) is 0 Å². The third kappa shape index (κ3) is 1.97. The molecule has 1 heterocycles. The van der Waals surface area contributed by atoms with E-state index in [0.29, 0.717) is 5.92 Å². The lowest BCUT2D eigenvalue weighted by molar-refractivity contribution is 0.440. The van der Waals surface area contributed by atoms with Crippen LogP contribution in [0.2, 0.25) is 0 Å². The van der Waals surface area contributed by atoms with Crippen LogP contribution in [0, 0.1) is 0 Å². The van der Waals surface area contributed by atoms with Crippen molar-refractivity contribution in [2.75, 3.05) is 5.43 Å². The molecule has 13 heavy (non-hydrogen) atoms. The van der Waals surface area contributed by atoms with Gasteiger partial charge in [0.05, 0.1) is 0 Å². The predicted octanol–water partition coefficient (Wildman–Crippen LogP) is 1.87. The second-order valence-corrected chi connectivity index (χ2v) is 4.43. The Morgan fingerprint density at radius 2 is 2.00 bits per heavy atom.